The Balaban J connectivity index is 2.15. The van der Waals surface area contributed by atoms with Crippen molar-refractivity contribution < 1.29 is 14.2 Å². The predicted octanol–water partition coefficient (Wildman–Crippen LogP) is 2.39. The van der Waals surface area contributed by atoms with Crippen LogP contribution in [0.25, 0.3) is 0 Å². The number of benzene rings is 1. The molecule has 2 rings (SSSR count). The summed E-state index contributed by atoms with van der Waals surface area (Å²) in [6.07, 6.45) is 0. The van der Waals surface area contributed by atoms with Crippen LogP contribution >= 0.6 is 15.9 Å². The lowest BCUT2D eigenvalue weighted by atomic mass is 10.1. The fourth-order valence-electron chi connectivity index (χ4n) is 1.50. The second-order valence-electron chi connectivity index (χ2n) is 4.04. The van der Waals surface area contributed by atoms with Crippen LogP contribution in [0.2, 0.25) is 0 Å². The first-order chi connectivity index (χ1) is 8.99. The third-order valence-electron chi connectivity index (χ3n) is 2.72. The van der Waals surface area contributed by atoms with E-state index in [2.05, 4.69) is 30.9 Å². The molecule has 7 heteroatoms. The maximum absolute atomic E-state index is 12.0. The number of anilines is 1. The Hall–Kier alpha value is -1.89. The minimum absolute atomic E-state index is 0.0139. The fourth-order valence-corrected chi connectivity index (χ4v) is 1.98. The highest BCUT2D eigenvalue weighted by Gasteiger charge is 2.15. The largest absolute Gasteiger partial charge is 0.455 e. The van der Waals surface area contributed by atoms with E-state index in [4.69, 9.17) is 10.5 Å². The molecule has 0 amide bonds. The molecule has 2 N–H and O–H groups in total. The molecule has 0 atom stereocenters. The van der Waals surface area contributed by atoms with Gasteiger partial charge >= 0.3 is 5.97 Å². The monoisotopic (exact) mass is 325 g/mol. The number of carbonyl (C=O) groups excluding carboxylic acids is 1. The summed E-state index contributed by atoms with van der Waals surface area (Å²) in [4.78, 5) is 12.0. The maximum atomic E-state index is 12.0. The van der Waals surface area contributed by atoms with Gasteiger partial charge in [-0.3, -0.25) is 0 Å². The molecule has 0 aliphatic rings. The number of halogens is 1. The van der Waals surface area contributed by atoms with Crippen LogP contribution in [0.5, 0.6) is 0 Å². The van der Waals surface area contributed by atoms with E-state index in [1.807, 2.05) is 0 Å². The standard InChI is InChI=1S/C12H12BrN3O3/c1-6-9(3-8(13)4-10(6)14)12(17)18-5-11-7(2)15-19-16-11/h3-4H,5,14H2,1-2H3. The number of carbonyl (C=O) groups is 1. The van der Waals surface area contributed by atoms with Crippen LogP contribution in [-0.2, 0) is 11.3 Å². The van der Waals surface area contributed by atoms with Gasteiger partial charge in [-0.05, 0) is 31.5 Å². The first-order valence-corrected chi connectivity index (χ1v) is 6.29. The minimum Gasteiger partial charge on any atom is -0.455 e. The molecular formula is C12H12BrN3O3. The van der Waals surface area contributed by atoms with E-state index >= 15 is 0 Å². The number of aryl methyl sites for hydroxylation is 1. The number of nitrogens with two attached hydrogens (primary N) is 1. The highest BCUT2D eigenvalue weighted by atomic mass is 79.9. The minimum atomic E-state index is -0.465. The van der Waals surface area contributed by atoms with Crippen LogP contribution in [0.1, 0.15) is 27.3 Å². The van der Waals surface area contributed by atoms with Gasteiger partial charge in [0.25, 0.3) is 0 Å². The Bertz CT molecular complexity index is 625. The highest BCUT2D eigenvalue weighted by molar-refractivity contribution is 9.10. The van der Waals surface area contributed by atoms with Gasteiger partial charge < -0.3 is 10.5 Å². The lowest BCUT2D eigenvalue weighted by Crippen LogP contribution is -2.09. The van der Waals surface area contributed by atoms with E-state index in [9.17, 15) is 4.79 Å². The quantitative estimate of drug-likeness (QED) is 0.688. The molecule has 0 saturated heterocycles. The Kier molecular flexibility index (Phi) is 3.84. The van der Waals surface area contributed by atoms with Crippen molar-refractivity contribution in [3.63, 3.8) is 0 Å². The molecule has 0 spiro atoms. The molecule has 1 heterocycles. The third kappa shape index (κ3) is 2.93. The lowest BCUT2D eigenvalue weighted by Gasteiger charge is -2.09. The van der Waals surface area contributed by atoms with E-state index < -0.39 is 5.97 Å². The topological polar surface area (TPSA) is 91.2 Å². The molecule has 19 heavy (non-hydrogen) atoms. The van der Waals surface area contributed by atoms with Gasteiger partial charge in [-0.25, -0.2) is 9.42 Å². The average molecular weight is 326 g/mol. The summed E-state index contributed by atoms with van der Waals surface area (Å²) in [7, 11) is 0. The zero-order valence-corrected chi connectivity index (χ0v) is 12.0. The summed E-state index contributed by atoms with van der Waals surface area (Å²) >= 11 is 3.29. The zero-order chi connectivity index (χ0) is 14.0. The summed E-state index contributed by atoms with van der Waals surface area (Å²) in [6.45, 7) is 3.50. The van der Waals surface area contributed by atoms with Crippen molar-refractivity contribution in [1.29, 1.82) is 0 Å². The third-order valence-corrected chi connectivity index (χ3v) is 3.18. The van der Waals surface area contributed by atoms with Crippen molar-refractivity contribution in [3.8, 4) is 0 Å². The van der Waals surface area contributed by atoms with Crippen LogP contribution in [-0.4, -0.2) is 16.3 Å². The van der Waals surface area contributed by atoms with Crippen molar-refractivity contribution in [2.75, 3.05) is 5.73 Å². The number of hydrogen-bond donors (Lipinski definition) is 1. The van der Waals surface area contributed by atoms with Gasteiger partial charge in [0.15, 0.2) is 0 Å². The first kappa shape index (κ1) is 13.5. The Morgan fingerprint density at radius 1 is 1.42 bits per heavy atom. The molecule has 0 radical (unpaired) electrons. The maximum Gasteiger partial charge on any atom is 0.338 e. The molecule has 1 aromatic carbocycles. The molecule has 0 saturated carbocycles. The number of nitrogen functional groups attached to an aromatic ring is 1. The molecule has 0 unspecified atom stereocenters. The highest BCUT2D eigenvalue weighted by Crippen LogP contribution is 2.23. The van der Waals surface area contributed by atoms with Crippen molar-refractivity contribution in [2.45, 2.75) is 20.5 Å². The van der Waals surface area contributed by atoms with E-state index in [0.29, 0.717) is 28.2 Å². The van der Waals surface area contributed by atoms with Crippen LogP contribution in [0, 0.1) is 13.8 Å². The molecule has 0 aliphatic carbocycles. The first-order valence-electron chi connectivity index (χ1n) is 5.50. The molecular weight excluding hydrogens is 314 g/mol. The van der Waals surface area contributed by atoms with E-state index in [0.717, 1.165) is 4.47 Å². The summed E-state index contributed by atoms with van der Waals surface area (Å²) in [5, 5.41) is 7.25. The van der Waals surface area contributed by atoms with Gasteiger partial charge in [-0.15, -0.1) is 0 Å². The van der Waals surface area contributed by atoms with Crippen LogP contribution in [0.15, 0.2) is 21.2 Å². The zero-order valence-electron chi connectivity index (χ0n) is 10.4. The lowest BCUT2D eigenvalue weighted by molar-refractivity contribution is 0.0462. The van der Waals surface area contributed by atoms with Gasteiger partial charge in [0, 0.05) is 10.2 Å². The molecule has 0 bridgehead atoms. The van der Waals surface area contributed by atoms with E-state index in [1.165, 1.54) is 0 Å². The van der Waals surface area contributed by atoms with Gasteiger partial charge in [-0.2, -0.15) is 0 Å². The Morgan fingerprint density at radius 2 is 2.16 bits per heavy atom. The number of ether oxygens (including phenoxy) is 1. The summed E-state index contributed by atoms with van der Waals surface area (Å²) in [6, 6.07) is 3.40. The normalized spacial score (nSPS) is 10.5. The summed E-state index contributed by atoms with van der Waals surface area (Å²) in [5.41, 5.74) is 8.52. The van der Waals surface area contributed by atoms with Gasteiger partial charge in [0.05, 0.1) is 5.56 Å². The SMILES string of the molecule is Cc1nonc1COC(=O)c1cc(Br)cc(N)c1C. The second-order valence-corrected chi connectivity index (χ2v) is 4.96. The van der Waals surface area contributed by atoms with Crippen molar-refractivity contribution in [2.24, 2.45) is 0 Å². The molecule has 0 fully saturated rings. The Labute approximate surface area is 118 Å². The molecule has 2 aromatic rings. The van der Waals surface area contributed by atoms with Gasteiger partial charge in [0.1, 0.15) is 18.0 Å². The molecule has 100 valence electrons. The van der Waals surface area contributed by atoms with Crippen molar-refractivity contribution in [3.05, 3.63) is 39.1 Å². The number of nitrogens with zero attached hydrogens (tertiary/aromatic N) is 2. The smallest absolute Gasteiger partial charge is 0.338 e. The number of esters is 1. The molecule has 1 aromatic heterocycles. The number of rotatable bonds is 3. The van der Waals surface area contributed by atoms with Crippen molar-refractivity contribution in [1.82, 2.24) is 10.3 Å². The molecule has 6 nitrogen and oxygen atoms in total. The number of hydrogen-bond acceptors (Lipinski definition) is 6. The summed E-state index contributed by atoms with van der Waals surface area (Å²) < 4.78 is 10.4. The van der Waals surface area contributed by atoms with Gasteiger partial charge in [-0.1, -0.05) is 26.2 Å². The van der Waals surface area contributed by atoms with E-state index in [1.54, 1.807) is 26.0 Å². The molecule has 0 aliphatic heterocycles. The van der Waals surface area contributed by atoms with Crippen LogP contribution < -0.4 is 5.73 Å². The van der Waals surface area contributed by atoms with E-state index in [-0.39, 0.29) is 6.61 Å². The summed E-state index contributed by atoms with van der Waals surface area (Å²) in [5.74, 6) is -0.465. The second kappa shape index (κ2) is 5.40. The predicted molar refractivity (Wildman–Crippen MR) is 71.4 cm³/mol. The average Bonchev–Trinajstić information content (AvgIpc) is 2.76. The fraction of sp³-hybridized carbons (Fsp3) is 0.250. The van der Waals surface area contributed by atoms with Crippen LogP contribution in [0.4, 0.5) is 5.69 Å². The number of aromatic nitrogens is 2. The van der Waals surface area contributed by atoms with Gasteiger partial charge in [0.2, 0.25) is 0 Å². The Morgan fingerprint density at radius 3 is 2.79 bits per heavy atom. The van der Waals surface area contributed by atoms with Crippen molar-refractivity contribution >= 4 is 27.6 Å². The van der Waals surface area contributed by atoms with Crippen LogP contribution in [0.3, 0.4) is 0 Å².